The summed E-state index contributed by atoms with van der Waals surface area (Å²) in [5.41, 5.74) is -0.920. The van der Waals surface area contributed by atoms with Gasteiger partial charge < -0.3 is 14.2 Å². The number of rotatable bonds is 2. The zero-order chi connectivity index (χ0) is 21.6. The topological polar surface area (TPSA) is 47.5 Å². The van der Waals surface area contributed by atoms with E-state index >= 15 is 0 Å². The molecule has 0 N–H and O–H groups in total. The number of hydrogen-bond donors (Lipinski definition) is 0. The molecule has 5 nitrogen and oxygen atoms in total. The van der Waals surface area contributed by atoms with Gasteiger partial charge in [-0.15, -0.1) is 0 Å². The quantitative estimate of drug-likeness (QED) is 0.767. The molecule has 0 atom stereocenters. The summed E-state index contributed by atoms with van der Waals surface area (Å²) < 4.78 is 75.2. The molecule has 108 valence electrons. The van der Waals surface area contributed by atoms with Crippen molar-refractivity contribution in [3.05, 3.63) is 12.4 Å². The lowest BCUT2D eigenvalue weighted by Gasteiger charge is -2.32. The van der Waals surface area contributed by atoms with Gasteiger partial charge in [0.05, 0.1) is 23.0 Å². The molecule has 2 fully saturated rings. The third kappa shape index (κ3) is 2.31. The fourth-order valence-electron chi connectivity index (χ4n) is 1.84. The molecule has 20 heavy (non-hydrogen) atoms. The smallest absolute Gasteiger partial charge is 0.398 e. The number of aromatic nitrogens is 2. The van der Waals surface area contributed by atoms with Gasteiger partial charge in [0.25, 0.3) is 0 Å². The Labute approximate surface area is 132 Å². The zero-order valence-corrected chi connectivity index (χ0v) is 11.9. The summed E-state index contributed by atoms with van der Waals surface area (Å²) in [5.74, 6) is -0.333. The van der Waals surface area contributed by atoms with E-state index in [-0.39, 0.29) is 11.4 Å². The monoisotopic (exact) mass is 283 g/mol. The molecule has 0 aliphatic carbocycles. The van der Waals surface area contributed by atoms with Crippen molar-refractivity contribution in [2.75, 3.05) is 17.9 Å². The van der Waals surface area contributed by atoms with Crippen LogP contribution in [0.2, 0.25) is 0 Å². The van der Waals surface area contributed by atoms with Gasteiger partial charge in [0, 0.05) is 30.2 Å². The lowest BCUT2D eigenvalue weighted by Crippen LogP contribution is -2.41. The van der Waals surface area contributed by atoms with E-state index in [9.17, 15) is 0 Å². The summed E-state index contributed by atoms with van der Waals surface area (Å²) in [6.07, 6.45) is -3.97. The molecule has 0 unspecified atom stereocenters. The van der Waals surface area contributed by atoms with E-state index in [4.69, 9.17) is 20.3 Å². The van der Waals surface area contributed by atoms with Crippen molar-refractivity contribution in [2.24, 2.45) is 0 Å². The third-order valence-corrected chi connectivity index (χ3v) is 3.78. The van der Waals surface area contributed by atoms with Gasteiger partial charge in [-0.3, -0.25) is 4.98 Å². The Hall–Kier alpha value is -1.14. The molecular formula is C14H22BN3O2. The van der Waals surface area contributed by atoms with Crippen molar-refractivity contribution in [1.82, 2.24) is 9.97 Å². The van der Waals surface area contributed by atoms with Crippen molar-refractivity contribution < 1.29 is 20.3 Å². The Morgan fingerprint density at radius 1 is 1.10 bits per heavy atom. The first kappa shape index (κ1) is 7.23. The molecular weight excluding hydrogens is 253 g/mol. The standard InChI is InChI=1S/C14H22BN3O2/c1-13(2)14(3,4)20-15(19-13)11-9-17-12(10-16-11)18-7-5-6-8-18/h9-10H,5-8H2,1-4H3/i5D2,6D2,7D2,8D2. The van der Waals surface area contributed by atoms with Crippen LogP contribution < -0.4 is 10.5 Å². The Balaban J connectivity index is 1.96. The van der Waals surface area contributed by atoms with E-state index < -0.39 is 44.1 Å². The highest BCUT2D eigenvalue weighted by molar-refractivity contribution is 6.61. The summed E-state index contributed by atoms with van der Waals surface area (Å²) in [5, 5.41) is 0. The lowest BCUT2D eigenvalue weighted by molar-refractivity contribution is 0.00578. The average Bonchev–Trinajstić information content (AvgIpc) is 2.78. The van der Waals surface area contributed by atoms with Crippen LogP contribution in [0.4, 0.5) is 5.82 Å². The van der Waals surface area contributed by atoms with Crippen molar-refractivity contribution in [3.63, 3.8) is 0 Å². The maximum atomic E-state index is 8.04. The molecule has 0 radical (unpaired) electrons. The van der Waals surface area contributed by atoms with E-state index in [0.29, 0.717) is 4.90 Å². The van der Waals surface area contributed by atoms with Crippen LogP contribution in [-0.4, -0.2) is 41.3 Å². The summed E-state index contributed by atoms with van der Waals surface area (Å²) in [7, 11) is -0.823. The first-order chi connectivity index (χ1) is 12.4. The Kier molecular flexibility index (Phi) is 1.70. The second-order valence-corrected chi connectivity index (χ2v) is 5.70. The second-order valence-electron chi connectivity index (χ2n) is 5.70. The van der Waals surface area contributed by atoms with E-state index in [1.165, 1.54) is 6.20 Å². The zero-order valence-electron chi connectivity index (χ0n) is 19.9. The van der Waals surface area contributed by atoms with Gasteiger partial charge in [-0.05, 0) is 40.4 Å². The van der Waals surface area contributed by atoms with Gasteiger partial charge in [-0.1, -0.05) is 0 Å². The minimum absolute atomic E-state index is 0.286. The predicted octanol–water partition coefficient (Wildman–Crippen LogP) is 1.38. The maximum Gasteiger partial charge on any atom is 0.516 e. The summed E-state index contributed by atoms with van der Waals surface area (Å²) >= 11 is 0. The third-order valence-electron chi connectivity index (χ3n) is 3.78. The first-order valence-corrected chi connectivity index (χ1v) is 6.38. The normalized spacial score (nSPS) is 40.4. The largest absolute Gasteiger partial charge is 0.516 e. The predicted molar refractivity (Wildman–Crippen MR) is 79.2 cm³/mol. The molecule has 2 aliphatic heterocycles. The molecule has 2 saturated heterocycles. The Morgan fingerprint density at radius 3 is 2.20 bits per heavy atom. The fourth-order valence-corrected chi connectivity index (χ4v) is 1.84. The first-order valence-electron chi connectivity index (χ1n) is 10.4. The van der Waals surface area contributed by atoms with Crippen LogP contribution in [0, 0.1) is 0 Å². The molecule has 2 aliphatic rings. The van der Waals surface area contributed by atoms with Gasteiger partial charge in [0.2, 0.25) is 0 Å². The molecule has 1 aromatic heterocycles. The van der Waals surface area contributed by atoms with Crippen molar-refractivity contribution >= 4 is 18.5 Å². The minimum Gasteiger partial charge on any atom is -0.398 e. The molecule has 3 heterocycles. The van der Waals surface area contributed by atoms with Crippen molar-refractivity contribution in [2.45, 2.75) is 51.6 Å². The molecule has 6 heteroatoms. The SMILES string of the molecule is [2H]C1([2H])N(c2cnc(B3OC(C)(C)C(C)(C)O3)cn2)C([2H])([2H])C([2H])([2H])C1([2H])[2H]. The molecule has 0 spiro atoms. The number of anilines is 1. The van der Waals surface area contributed by atoms with Gasteiger partial charge >= 0.3 is 7.12 Å². The van der Waals surface area contributed by atoms with Crippen LogP contribution in [0.5, 0.6) is 0 Å². The van der Waals surface area contributed by atoms with Crippen LogP contribution in [0.25, 0.3) is 0 Å². The van der Waals surface area contributed by atoms with Crippen molar-refractivity contribution in [3.8, 4) is 0 Å². The van der Waals surface area contributed by atoms with Gasteiger partial charge in [-0.2, -0.15) is 0 Å². The Morgan fingerprint density at radius 2 is 1.70 bits per heavy atom. The van der Waals surface area contributed by atoms with Gasteiger partial charge in [0.1, 0.15) is 5.82 Å². The van der Waals surface area contributed by atoms with E-state index in [1.54, 1.807) is 0 Å². The van der Waals surface area contributed by atoms with Crippen molar-refractivity contribution in [1.29, 1.82) is 0 Å². The van der Waals surface area contributed by atoms with Gasteiger partial charge in [-0.25, -0.2) is 4.98 Å². The molecule has 0 amide bonds. The van der Waals surface area contributed by atoms with E-state index in [2.05, 4.69) is 9.97 Å². The molecule has 0 bridgehead atoms. The second kappa shape index (κ2) is 4.70. The van der Waals surface area contributed by atoms with Crippen LogP contribution in [0.3, 0.4) is 0 Å². The highest BCUT2D eigenvalue weighted by Gasteiger charge is 2.52. The van der Waals surface area contributed by atoms with Crippen LogP contribution in [-0.2, 0) is 9.31 Å². The summed E-state index contributed by atoms with van der Waals surface area (Å²) in [6.45, 7) is 1.47. The molecule has 0 aromatic carbocycles. The number of hydrogen-bond acceptors (Lipinski definition) is 5. The maximum absolute atomic E-state index is 8.04. The lowest BCUT2D eigenvalue weighted by atomic mass is 9.85. The molecule has 3 rings (SSSR count). The van der Waals surface area contributed by atoms with Crippen LogP contribution >= 0.6 is 0 Å². The van der Waals surface area contributed by atoms with Crippen LogP contribution in [0.1, 0.15) is 51.4 Å². The highest BCUT2D eigenvalue weighted by atomic mass is 16.7. The highest BCUT2D eigenvalue weighted by Crippen LogP contribution is 2.36. The minimum atomic E-state index is -3.13. The average molecular weight is 283 g/mol. The number of nitrogens with zero attached hydrogens (tertiary/aromatic N) is 3. The fraction of sp³-hybridized carbons (Fsp3) is 0.714. The van der Waals surface area contributed by atoms with Gasteiger partial charge in [0.15, 0.2) is 0 Å². The van der Waals surface area contributed by atoms with E-state index in [1.807, 2.05) is 27.7 Å². The molecule has 1 aromatic rings. The summed E-state index contributed by atoms with van der Waals surface area (Å²) in [4.78, 5) is 8.51. The van der Waals surface area contributed by atoms with E-state index in [0.717, 1.165) is 6.20 Å². The summed E-state index contributed by atoms with van der Waals surface area (Å²) in [6, 6.07) is 0. The Bertz CT molecular complexity index is 745. The van der Waals surface area contributed by atoms with Crippen LogP contribution in [0.15, 0.2) is 12.4 Å². The molecule has 0 saturated carbocycles.